The van der Waals surface area contributed by atoms with Crippen molar-refractivity contribution in [3.05, 3.63) is 24.3 Å². The molecule has 0 amide bonds. The number of carbonyl (C=O) groups is 2. The van der Waals surface area contributed by atoms with E-state index < -0.39 is 5.97 Å². The van der Waals surface area contributed by atoms with Gasteiger partial charge in [-0.1, -0.05) is 134 Å². The Hall–Kier alpha value is -1.58. The van der Waals surface area contributed by atoms with Crippen molar-refractivity contribution in [1.29, 1.82) is 0 Å². The monoisotopic (exact) mass is 562 g/mol. The minimum Gasteiger partial charge on any atom is -0.481 e. The van der Waals surface area contributed by atoms with Crippen LogP contribution in [0.15, 0.2) is 24.3 Å². The first-order valence-electron chi connectivity index (χ1n) is 17.3. The van der Waals surface area contributed by atoms with Crippen molar-refractivity contribution >= 4 is 11.9 Å². The molecule has 0 rings (SSSR count). The van der Waals surface area contributed by atoms with Crippen LogP contribution in [0, 0.1) is 0 Å². The van der Waals surface area contributed by atoms with E-state index in [-0.39, 0.29) is 18.5 Å². The largest absolute Gasteiger partial charge is 0.481 e. The fourth-order valence-electron chi connectivity index (χ4n) is 5.10. The highest BCUT2D eigenvalue weighted by molar-refractivity contribution is 5.69. The minimum absolute atomic E-state index is 0.0195. The van der Waals surface area contributed by atoms with Gasteiger partial charge in [-0.3, -0.25) is 9.59 Å². The van der Waals surface area contributed by atoms with E-state index in [4.69, 9.17) is 9.84 Å². The van der Waals surface area contributed by atoms with E-state index in [1.54, 1.807) is 0 Å². The van der Waals surface area contributed by atoms with Crippen molar-refractivity contribution in [2.75, 3.05) is 0 Å². The summed E-state index contributed by atoms with van der Waals surface area (Å²) in [5.41, 5.74) is 0. The summed E-state index contributed by atoms with van der Waals surface area (Å²) in [5, 5.41) is 8.78. The summed E-state index contributed by atoms with van der Waals surface area (Å²) in [6.45, 7) is 4.51. The molecule has 0 fully saturated rings. The van der Waals surface area contributed by atoms with Crippen LogP contribution in [0.5, 0.6) is 0 Å². The Labute approximate surface area is 248 Å². The Morgan fingerprint density at radius 2 is 1.00 bits per heavy atom. The van der Waals surface area contributed by atoms with Crippen LogP contribution in [0.2, 0.25) is 0 Å². The summed E-state index contributed by atoms with van der Waals surface area (Å²) in [7, 11) is 0. The highest BCUT2D eigenvalue weighted by Crippen LogP contribution is 2.17. The molecule has 234 valence electrons. The zero-order valence-corrected chi connectivity index (χ0v) is 26.7. The molecule has 0 aromatic heterocycles. The molecule has 1 N–H and O–H groups in total. The van der Waals surface area contributed by atoms with Crippen molar-refractivity contribution in [1.82, 2.24) is 0 Å². The predicted molar refractivity (Wildman–Crippen MR) is 172 cm³/mol. The number of allylic oxidation sites excluding steroid dienone is 4. The first-order chi connectivity index (χ1) is 19.6. The number of hydrogen-bond acceptors (Lipinski definition) is 3. The topological polar surface area (TPSA) is 63.6 Å². The molecule has 0 saturated carbocycles. The molecular weight excluding hydrogens is 496 g/mol. The Morgan fingerprint density at radius 1 is 0.550 bits per heavy atom. The third-order valence-corrected chi connectivity index (χ3v) is 7.68. The van der Waals surface area contributed by atoms with Gasteiger partial charge < -0.3 is 9.84 Å². The van der Waals surface area contributed by atoms with Crippen LogP contribution in [-0.4, -0.2) is 23.1 Å². The van der Waals surface area contributed by atoms with E-state index in [0.29, 0.717) is 6.42 Å². The molecule has 0 aromatic carbocycles. The molecule has 0 aliphatic rings. The van der Waals surface area contributed by atoms with Gasteiger partial charge in [0.05, 0.1) is 0 Å². The van der Waals surface area contributed by atoms with Gasteiger partial charge in [0, 0.05) is 12.8 Å². The van der Waals surface area contributed by atoms with Crippen LogP contribution in [0.3, 0.4) is 0 Å². The van der Waals surface area contributed by atoms with Crippen molar-refractivity contribution in [2.24, 2.45) is 0 Å². The van der Waals surface area contributed by atoms with Gasteiger partial charge in [-0.05, 0) is 64.2 Å². The standard InChI is InChI=1S/C36H66O4/c1-3-5-7-9-11-13-14-15-16-18-19-22-26-30-34(31-27-23-21-24-28-32-35(37)38)40-36(39)33-29-25-20-17-12-10-8-6-4-2/h14-15,18-19,34H,3-13,16-17,20-33H2,1-2H3,(H,37,38)/b15-14-,19-18-. The Kier molecular flexibility index (Phi) is 30.7. The normalized spacial score (nSPS) is 12.4. The quantitative estimate of drug-likeness (QED) is 0.0518. The number of carboxylic acids is 1. The first-order valence-corrected chi connectivity index (χ1v) is 17.3. The summed E-state index contributed by atoms with van der Waals surface area (Å²) in [6.07, 6.45) is 39.0. The number of unbranched alkanes of at least 4 members (excludes halogenated alkanes) is 18. The van der Waals surface area contributed by atoms with Crippen molar-refractivity contribution in [3.8, 4) is 0 Å². The van der Waals surface area contributed by atoms with E-state index in [1.165, 1.54) is 83.5 Å². The summed E-state index contributed by atoms with van der Waals surface area (Å²) in [6, 6.07) is 0. The molecular formula is C36H66O4. The van der Waals surface area contributed by atoms with Gasteiger partial charge in [-0.25, -0.2) is 0 Å². The van der Waals surface area contributed by atoms with Crippen molar-refractivity contribution in [3.63, 3.8) is 0 Å². The van der Waals surface area contributed by atoms with E-state index in [1.807, 2.05) is 0 Å². The van der Waals surface area contributed by atoms with Crippen LogP contribution < -0.4 is 0 Å². The van der Waals surface area contributed by atoms with Gasteiger partial charge in [-0.15, -0.1) is 0 Å². The van der Waals surface area contributed by atoms with Crippen LogP contribution in [0.4, 0.5) is 0 Å². The molecule has 0 radical (unpaired) electrons. The molecule has 0 bridgehead atoms. The second-order valence-corrected chi connectivity index (χ2v) is 11.7. The lowest BCUT2D eigenvalue weighted by molar-refractivity contribution is -0.150. The lowest BCUT2D eigenvalue weighted by atomic mass is 10.0. The van der Waals surface area contributed by atoms with Crippen LogP contribution in [-0.2, 0) is 14.3 Å². The maximum absolute atomic E-state index is 12.5. The van der Waals surface area contributed by atoms with Gasteiger partial charge in [0.2, 0.25) is 0 Å². The number of esters is 1. The fourth-order valence-corrected chi connectivity index (χ4v) is 5.10. The highest BCUT2D eigenvalue weighted by atomic mass is 16.5. The summed E-state index contributed by atoms with van der Waals surface area (Å²) in [5.74, 6) is -0.730. The van der Waals surface area contributed by atoms with E-state index in [9.17, 15) is 9.59 Å². The van der Waals surface area contributed by atoms with Gasteiger partial charge >= 0.3 is 11.9 Å². The molecule has 0 saturated heterocycles. The van der Waals surface area contributed by atoms with Crippen molar-refractivity contribution < 1.29 is 19.4 Å². The lowest BCUT2D eigenvalue weighted by Gasteiger charge is -2.18. The summed E-state index contributed by atoms with van der Waals surface area (Å²) >= 11 is 0. The minimum atomic E-state index is -0.707. The number of ether oxygens (including phenoxy) is 1. The van der Waals surface area contributed by atoms with Crippen LogP contribution >= 0.6 is 0 Å². The molecule has 40 heavy (non-hydrogen) atoms. The Balaban J connectivity index is 4.17. The number of carbonyl (C=O) groups excluding carboxylic acids is 1. The van der Waals surface area contributed by atoms with Crippen LogP contribution in [0.25, 0.3) is 0 Å². The van der Waals surface area contributed by atoms with E-state index in [0.717, 1.165) is 77.0 Å². The summed E-state index contributed by atoms with van der Waals surface area (Å²) in [4.78, 5) is 23.2. The highest BCUT2D eigenvalue weighted by Gasteiger charge is 2.14. The predicted octanol–water partition coefficient (Wildman–Crippen LogP) is 11.7. The number of hydrogen-bond donors (Lipinski definition) is 1. The number of rotatable bonds is 31. The Bertz CT molecular complexity index is 610. The second kappa shape index (κ2) is 31.9. The van der Waals surface area contributed by atoms with Crippen molar-refractivity contribution in [2.45, 2.75) is 193 Å². The number of aliphatic carboxylic acids is 1. The second-order valence-electron chi connectivity index (χ2n) is 11.7. The Morgan fingerprint density at radius 3 is 1.57 bits per heavy atom. The van der Waals surface area contributed by atoms with E-state index >= 15 is 0 Å². The maximum Gasteiger partial charge on any atom is 0.306 e. The van der Waals surface area contributed by atoms with E-state index in [2.05, 4.69) is 38.2 Å². The number of carboxylic acid groups (broad SMARTS) is 1. The fraction of sp³-hybridized carbons (Fsp3) is 0.833. The maximum atomic E-state index is 12.5. The summed E-state index contributed by atoms with van der Waals surface area (Å²) < 4.78 is 5.94. The average Bonchev–Trinajstić information content (AvgIpc) is 2.93. The zero-order valence-electron chi connectivity index (χ0n) is 26.7. The van der Waals surface area contributed by atoms with Gasteiger partial charge in [0.15, 0.2) is 0 Å². The average molecular weight is 563 g/mol. The third kappa shape index (κ3) is 31.0. The molecule has 1 unspecified atom stereocenters. The molecule has 4 nitrogen and oxygen atoms in total. The smallest absolute Gasteiger partial charge is 0.306 e. The first kappa shape index (κ1) is 38.4. The molecule has 0 aliphatic carbocycles. The van der Waals surface area contributed by atoms with Crippen LogP contribution in [0.1, 0.15) is 187 Å². The SMILES string of the molecule is CCCCCCC/C=C\C/C=C\CCCC(CCCCCCCC(=O)O)OC(=O)CCCCCCCCCCC. The molecule has 0 aliphatic heterocycles. The lowest BCUT2D eigenvalue weighted by Crippen LogP contribution is -2.18. The van der Waals surface area contributed by atoms with Gasteiger partial charge in [-0.2, -0.15) is 0 Å². The molecule has 0 aromatic rings. The molecule has 1 atom stereocenters. The zero-order chi connectivity index (χ0) is 29.4. The van der Waals surface area contributed by atoms with Gasteiger partial charge in [0.25, 0.3) is 0 Å². The molecule has 0 spiro atoms. The third-order valence-electron chi connectivity index (χ3n) is 7.68. The molecule has 4 heteroatoms. The molecule has 0 heterocycles. The van der Waals surface area contributed by atoms with Gasteiger partial charge in [0.1, 0.15) is 6.10 Å².